The molecule has 0 amide bonds. The molecule has 8 heteroatoms. The van der Waals surface area contributed by atoms with Gasteiger partial charge in [-0.05, 0) is 6.42 Å². The number of halogens is 3. The molecule has 1 N–H and O–H groups in total. The number of nitro groups is 1. The molecule has 1 aromatic rings. The fourth-order valence-corrected chi connectivity index (χ4v) is 1.20. The monoisotopic (exact) mass is 261 g/mol. The second-order valence-corrected chi connectivity index (χ2v) is 3.35. The summed E-state index contributed by atoms with van der Waals surface area (Å²) in [6, 6.07) is 0.462. The first-order valence-electron chi connectivity index (χ1n) is 4.92. The van der Waals surface area contributed by atoms with E-state index in [4.69, 9.17) is 0 Å². The molecule has 0 atom stereocenters. The van der Waals surface area contributed by atoms with Crippen LogP contribution in [-0.2, 0) is 6.18 Å². The van der Waals surface area contributed by atoms with Gasteiger partial charge in [0.05, 0.1) is 4.92 Å². The summed E-state index contributed by atoms with van der Waals surface area (Å²) >= 11 is 0. The van der Waals surface area contributed by atoms with Crippen LogP contribution in [0.3, 0.4) is 0 Å². The second-order valence-electron chi connectivity index (χ2n) is 3.35. The summed E-state index contributed by atoms with van der Waals surface area (Å²) in [5.74, 6) is -0.421. The summed E-state index contributed by atoms with van der Waals surface area (Å²) in [6.07, 6.45) is -1.93. The Labute approximate surface area is 100 Å². The Balaban J connectivity index is 3.09. The van der Waals surface area contributed by atoms with Crippen molar-refractivity contribution in [3.05, 3.63) is 40.6 Å². The van der Waals surface area contributed by atoms with Crippen molar-refractivity contribution < 1.29 is 18.1 Å². The van der Waals surface area contributed by atoms with E-state index in [1.54, 1.807) is 0 Å². The van der Waals surface area contributed by atoms with Crippen molar-refractivity contribution in [3.8, 4) is 0 Å². The lowest BCUT2D eigenvalue weighted by molar-refractivity contribution is -0.385. The first-order chi connectivity index (χ1) is 8.36. The maximum atomic E-state index is 12.7. The van der Waals surface area contributed by atoms with Crippen LogP contribution in [0.15, 0.2) is 24.9 Å². The Hall–Kier alpha value is -2.12. The van der Waals surface area contributed by atoms with Gasteiger partial charge in [-0.25, -0.2) is 4.98 Å². The molecule has 0 radical (unpaired) electrons. The van der Waals surface area contributed by atoms with Crippen LogP contribution < -0.4 is 5.32 Å². The van der Waals surface area contributed by atoms with Crippen LogP contribution in [0.1, 0.15) is 12.0 Å². The zero-order chi connectivity index (χ0) is 13.8. The van der Waals surface area contributed by atoms with Gasteiger partial charge < -0.3 is 5.32 Å². The van der Waals surface area contributed by atoms with E-state index in [2.05, 4.69) is 16.9 Å². The van der Waals surface area contributed by atoms with Gasteiger partial charge in [0.1, 0.15) is 17.6 Å². The molecule has 0 saturated carbocycles. The van der Waals surface area contributed by atoms with Gasteiger partial charge in [-0.2, -0.15) is 13.2 Å². The molecule has 1 rings (SSSR count). The van der Waals surface area contributed by atoms with Gasteiger partial charge in [-0.3, -0.25) is 10.1 Å². The average Bonchev–Trinajstić information content (AvgIpc) is 2.28. The highest BCUT2D eigenvalue weighted by Crippen LogP contribution is 2.35. The predicted molar refractivity (Wildman–Crippen MR) is 59.2 cm³/mol. The SMILES string of the molecule is C=CCCNc1ncc([N+](=O)[O-])cc1C(F)(F)F. The zero-order valence-electron chi connectivity index (χ0n) is 9.20. The number of nitrogens with one attached hydrogen (secondary N) is 1. The smallest absolute Gasteiger partial charge is 0.369 e. The molecular formula is C10H10F3N3O2. The first-order valence-corrected chi connectivity index (χ1v) is 4.92. The van der Waals surface area contributed by atoms with Gasteiger partial charge in [0, 0.05) is 12.6 Å². The minimum absolute atomic E-state index is 0.220. The molecule has 0 aliphatic rings. The van der Waals surface area contributed by atoms with E-state index in [-0.39, 0.29) is 6.54 Å². The largest absolute Gasteiger partial charge is 0.420 e. The lowest BCUT2D eigenvalue weighted by Gasteiger charge is -2.12. The van der Waals surface area contributed by atoms with Gasteiger partial charge >= 0.3 is 6.18 Å². The second kappa shape index (κ2) is 5.48. The summed E-state index contributed by atoms with van der Waals surface area (Å²) in [5, 5.41) is 12.9. The zero-order valence-corrected chi connectivity index (χ0v) is 9.20. The van der Waals surface area contributed by atoms with Crippen LogP contribution in [0, 0.1) is 10.1 Å². The van der Waals surface area contributed by atoms with Gasteiger partial charge in [-0.15, -0.1) is 6.58 Å². The molecule has 1 aromatic heterocycles. The third kappa shape index (κ3) is 3.44. The number of nitrogens with zero attached hydrogens (tertiary/aromatic N) is 2. The molecule has 5 nitrogen and oxygen atoms in total. The predicted octanol–water partition coefficient (Wildman–Crippen LogP) is 3.00. The summed E-state index contributed by atoms with van der Waals surface area (Å²) < 4.78 is 38.0. The molecule has 0 aliphatic heterocycles. The fourth-order valence-electron chi connectivity index (χ4n) is 1.20. The maximum Gasteiger partial charge on any atom is 0.420 e. The highest BCUT2D eigenvalue weighted by atomic mass is 19.4. The van der Waals surface area contributed by atoms with Crippen molar-refractivity contribution in [2.24, 2.45) is 0 Å². The molecule has 0 aromatic carbocycles. The number of alkyl halides is 3. The number of aromatic nitrogens is 1. The van der Waals surface area contributed by atoms with Gasteiger partial charge in [0.2, 0.25) is 0 Å². The first kappa shape index (κ1) is 13.9. The molecule has 18 heavy (non-hydrogen) atoms. The van der Waals surface area contributed by atoms with Crippen molar-refractivity contribution in [1.82, 2.24) is 4.98 Å². The quantitative estimate of drug-likeness (QED) is 0.383. The van der Waals surface area contributed by atoms with Crippen LogP contribution in [0.25, 0.3) is 0 Å². The van der Waals surface area contributed by atoms with Gasteiger partial charge in [0.25, 0.3) is 5.69 Å². The fraction of sp³-hybridized carbons (Fsp3) is 0.300. The van der Waals surface area contributed by atoms with E-state index in [9.17, 15) is 23.3 Å². The van der Waals surface area contributed by atoms with Crippen molar-refractivity contribution >= 4 is 11.5 Å². The van der Waals surface area contributed by atoms with E-state index in [0.29, 0.717) is 12.5 Å². The number of pyridine rings is 1. The van der Waals surface area contributed by atoms with E-state index < -0.39 is 28.2 Å². The van der Waals surface area contributed by atoms with Crippen molar-refractivity contribution in [3.63, 3.8) is 0 Å². The van der Waals surface area contributed by atoms with E-state index in [0.717, 1.165) is 6.20 Å². The minimum Gasteiger partial charge on any atom is -0.369 e. The number of anilines is 1. The van der Waals surface area contributed by atoms with Crippen LogP contribution >= 0.6 is 0 Å². The molecular weight excluding hydrogens is 251 g/mol. The summed E-state index contributed by atoms with van der Waals surface area (Å²) in [7, 11) is 0. The van der Waals surface area contributed by atoms with Crippen LogP contribution in [0.4, 0.5) is 24.7 Å². The van der Waals surface area contributed by atoms with E-state index >= 15 is 0 Å². The molecule has 0 bridgehead atoms. The molecule has 98 valence electrons. The van der Waals surface area contributed by atoms with Crippen molar-refractivity contribution in [2.75, 3.05) is 11.9 Å². The van der Waals surface area contributed by atoms with Crippen LogP contribution in [0.2, 0.25) is 0 Å². The Bertz CT molecular complexity index is 460. The van der Waals surface area contributed by atoms with E-state index in [1.165, 1.54) is 6.08 Å². The lowest BCUT2D eigenvalue weighted by Crippen LogP contribution is -2.13. The number of rotatable bonds is 5. The minimum atomic E-state index is -4.70. The number of hydrogen-bond donors (Lipinski definition) is 1. The van der Waals surface area contributed by atoms with Crippen LogP contribution in [0.5, 0.6) is 0 Å². The normalized spacial score (nSPS) is 11.1. The highest BCUT2D eigenvalue weighted by Gasteiger charge is 2.36. The average molecular weight is 261 g/mol. The molecule has 1 heterocycles. The Morgan fingerprint density at radius 2 is 2.22 bits per heavy atom. The molecule has 0 fully saturated rings. The summed E-state index contributed by atoms with van der Waals surface area (Å²) in [6.45, 7) is 3.65. The molecule has 0 aliphatic carbocycles. The standard InChI is InChI=1S/C10H10F3N3O2/c1-2-3-4-14-9-8(10(11,12)13)5-7(6-15-9)16(17)18/h2,5-6H,1,3-4H2,(H,14,15). The Morgan fingerprint density at radius 1 is 1.56 bits per heavy atom. The molecule has 0 unspecified atom stereocenters. The Morgan fingerprint density at radius 3 is 2.72 bits per heavy atom. The maximum absolute atomic E-state index is 12.7. The summed E-state index contributed by atoms with van der Waals surface area (Å²) in [5.41, 5.74) is -1.85. The molecule has 0 spiro atoms. The Kier molecular flexibility index (Phi) is 4.24. The van der Waals surface area contributed by atoms with Crippen molar-refractivity contribution in [2.45, 2.75) is 12.6 Å². The molecule has 0 saturated heterocycles. The topological polar surface area (TPSA) is 68.1 Å². The van der Waals surface area contributed by atoms with Gasteiger partial charge in [-0.1, -0.05) is 6.08 Å². The van der Waals surface area contributed by atoms with Gasteiger partial charge in [0.15, 0.2) is 0 Å². The number of hydrogen-bond acceptors (Lipinski definition) is 4. The van der Waals surface area contributed by atoms with Crippen molar-refractivity contribution in [1.29, 1.82) is 0 Å². The van der Waals surface area contributed by atoms with E-state index in [1.807, 2.05) is 0 Å². The summed E-state index contributed by atoms with van der Waals surface area (Å²) in [4.78, 5) is 12.9. The lowest BCUT2D eigenvalue weighted by atomic mass is 10.2. The third-order valence-corrected chi connectivity index (χ3v) is 2.03. The highest BCUT2D eigenvalue weighted by molar-refractivity contribution is 5.50. The third-order valence-electron chi connectivity index (χ3n) is 2.03. The van der Waals surface area contributed by atoms with Crippen LogP contribution in [-0.4, -0.2) is 16.5 Å².